The summed E-state index contributed by atoms with van der Waals surface area (Å²) in [6, 6.07) is 12.3. The maximum atomic E-state index is 12.5. The number of carbonyl (C=O) groups is 1. The zero-order valence-electron chi connectivity index (χ0n) is 16.3. The Morgan fingerprint density at radius 3 is 2.66 bits per heavy atom. The quantitative estimate of drug-likeness (QED) is 0.312. The summed E-state index contributed by atoms with van der Waals surface area (Å²) in [6.07, 6.45) is 0. The third-order valence-electron chi connectivity index (χ3n) is 3.54. The van der Waals surface area contributed by atoms with E-state index in [1.807, 2.05) is 25.1 Å². The smallest absolute Gasteiger partial charge is 0.257 e. The van der Waals surface area contributed by atoms with Crippen LogP contribution < -0.4 is 20.1 Å². The van der Waals surface area contributed by atoms with Crippen LogP contribution in [-0.2, 0) is 4.74 Å². The predicted molar refractivity (Wildman–Crippen MR) is 122 cm³/mol. The fraction of sp³-hybridized carbons (Fsp3) is 0.238. The summed E-state index contributed by atoms with van der Waals surface area (Å²) < 4.78 is 16.8. The molecule has 29 heavy (non-hydrogen) atoms. The molecular weight excluding hydrogens is 456 g/mol. The van der Waals surface area contributed by atoms with Crippen molar-refractivity contribution in [3.05, 3.63) is 64.7 Å². The molecule has 1 amide bonds. The van der Waals surface area contributed by atoms with Crippen molar-refractivity contribution in [3.8, 4) is 11.5 Å². The molecule has 0 atom stereocenters. The number of hydrogen-bond acceptors (Lipinski definition) is 5. The van der Waals surface area contributed by atoms with Crippen LogP contribution in [0, 0.1) is 0 Å². The van der Waals surface area contributed by atoms with E-state index < -0.39 is 0 Å². The van der Waals surface area contributed by atoms with Gasteiger partial charge in [-0.05, 0) is 71.0 Å². The summed E-state index contributed by atoms with van der Waals surface area (Å²) in [4.78, 5) is 12.5. The second kappa shape index (κ2) is 11.5. The van der Waals surface area contributed by atoms with Gasteiger partial charge in [-0.25, -0.2) is 0 Å². The number of ether oxygens (including phenoxy) is 3. The number of thiocarbonyl (C=S) groups is 1. The average Bonchev–Trinajstić information content (AvgIpc) is 2.68. The number of hydrogen-bond donors (Lipinski definition) is 2. The molecule has 2 rings (SSSR count). The Kier molecular flexibility index (Phi) is 9.11. The van der Waals surface area contributed by atoms with Gasteiger partial charge in [0.1, 0.15) is 24.7 Å². The number of anilines is 1. The van der Waals surface area contributed by atoms with Crippen LogP contribution in [0.1, 0.15) is 17.3 Å². The number of benzene rings is 2. The molecule has 6 nitrogen and oxygen atoms in total. The van der Waals surface area contributed by atoms with Gasteiger partial charge in [0, 0.05) is 24.4 Å². The lowest BCUT2D eigenvalue weighted by molar-refractivity contribution is 0.0977. The molecule has 0 radical (unpaired) electrons. The molecule has 0 aromatic heterocycles. The Bertz CT molecular complexity index is 889. The minimum Gasteiger partial charge on any atom is -0.490 e. The predicted octanol–water partition coefficient (Wildman–Crippen LogP) is 4.56. The summed E-state index contributed by atoms with van der Waals surface area (Å²) in [5.74, 6) is 0.979. The van der Waals surface area contributed by atoms with Crippen LogP contribution >= 0.6 is 28.1 Å². The van der Waals surface area contributed by atoms with Crippen LogP contribution in [-0.4, -0.2) is 38.0 Å². The molecule has 0 bridgehead atoms. The third kappa shape index (κ3) is 7.84. The number of rotatable bonds is 9. The van der Waals surface area contributed by atoms with E-state index in [1.165, 1.54) is 0 Å². The van der Waals surface area contributed by atoms with Crippen molar-refractivity contribution in [3.63, 3.8) is 0 Å². The zero-order valence-corrected chi connectivity index (χ0v) is 18.7. The molecule has 0 fully saturated rings. The molecule has 0 heterocycles. The molecule has 2 aromatic rings. The SMILES string of the molecule is C=C(C)COc1cccc(NC(=S)NC(=O)c2ccc(OCCOC)c(Br)c2)c1. The first kappa shape index (κ1) is 22.9. The van der Waals surface area contributed by atoms with Gasteiger partial charge in [-0.2, -0.15) is 0 Å². The van der Waals surface area contributed by atoms with Crippen molar-refractivity contribution in [2.45, 2.75) is 6.92 Å². The lowest BCUT2D eigenvalue weighted by Gasteiger charge is -2.12. The van der Waals surface area contributed by atoms with Crippen molar-refractivity contribution in [1.29, 1.82) is 0 Å². The van der Waals surface area contributed by atoms with Crippen molar-refractivity contribution in [1.82, 2.24) is 5.32 Å². The average molecular weight is 479 g/mol. The summed E-state index contributed by atoms with van der Waals surface area (Å²) in [6.45, 7) is 7.03. The number of methoxy groups -OCH3 is 1. The van der Waals surface area contributed by atoms with Gasteiger partial charge in [0.05, 0.1) is 11.1 Å². The molecule has 0 spiro atoms. The Hall–Kier alpha value is -2.42. The van der Waals surface area contributed by atoms with E-state index >= 15 is 0 Å². The van der Waals surface area contributed by atoms with Crippen LogP contribution in [0.2, 0.25) is 0 Å². The molecule has 0 saturated heterocycles. The molecule has 154 valence electrons. The van der Waals surface area contributed by atoms with Gasteiger partial charge in [-0.3, -0.25) is 10.1 Å². The summed E-state index contributed by atoms with van der Waals surface area (Å²) >= 11 is 8.65. The van der Waals surface area contributed by atoms with Gasteiger partial charge >= 0.3 is 0 Å². The van der Waals surface area contributed by atoms with Crippen molar-refractivity contribution in [2.75, 3.05) is 32.2 Å². The molecule has 0 aliphatic carbocycles. The zero-order chi connectivity index (χ0) is 21.2. The van der Waals surface area contributed by atoms with Crippen LogP contribution in [0.4, 0.5) is 5.69 Å². The first-order chi connectivity index (χ1) is 13.9. The maximum absolute atomic E-state index is 12.5. The van der Waals surface area contributed by atoms with E-state index in [0.29, 0.717) is 47.0 Å². The van der Waals surface area contributed by atoms with Crippen molar-refractivity contribution < 1.29 is 19.0 Å². The Balaban J connectivity index is 1.93. The Morgan fingerprint density at radius 1 is 1.17 bits per heavy atom. The second-order valence-electron chi connectivity index (χ2n) is 6.17. The van der Waals surface area contributed by atoms with E-state index in [4.69, 9.17) is 26.4 Å². The normalized spacial score (nSPS) is 10.2. The van der Waals surface area contributed by atoms with Gasteiger partial charge in [0.25, 0.3) is 5.91 Å². The van der Waals surface area contributed by atoms with Crippen LogP contribution in [0.25, 0.3) is 0 Å². The van der Waals surface area contributed by atoms with Crippen LogP contribution in [0.15, 0.2) is 59.1 Å². The third-order valence-corrected chi connectivity index (χ3v) is 4.37. The van der Waals surface area contributed by atoms with Gasteiger partial charge in [0.15, 0.2) is 5.11 Å². The van der Waals surface area contributed by atoms with Crippen molar-refractivity contribution in [2.24, 2.45) is 0 Å². The highest BCUT2D eigenvalue weighted by atomic mass is 79.9. The number of nitrogens with one attached hydrogen (secondary N) is 2. The first-order valence-electron chi connectivity index (χ1n) is 8.80. The number of halogens is 1. The summed E-state index contributed by atoms with van der Waals surface area (Å²) in [5.41, 5.74) is 2.07. The highest BCUT2D eigenvalue weighted by Crippen LogP contribution is 2.26. The molecule has 2 aromatic carbocycles. The minimum atomic E-state index is -0.332. The highest BCUT2D eigenvalue weighted by Gasteiger charge is 2.11. The largest absolute Gasteiger partial charge is 0.490 e. The summed E-state index contributed by atoms with van der Waals surface area (Å²) in [7, 11) is 1.61. The lowest BCUT2D eigenvalue weighted by Crippen LogP contribution is -2.34. The van der Waals surface area contributed by atoms with E-state index in [0.717, 1.165) is 5.57 Å². The topological polar surface area (TPSA) is 68.8 Å². The van der Waals surface area contributed by atoms with Gasteiger partial charge in [-0.15, -0.1) is 0 Å². The fourth-order valence-corrected chi connectivity index (χ4v) is 2.91. The molecule has 2 N–H and O–H groups in total. The Labute approximate surface area is 184 Å². The van der Waals surface area contributed by atoms with Gasteiger partial charge < -0.3 is 19.5 Å². The molecule has 8 heteroatoms. The van der Waals surface area contributed by atoms with Crippen LogP contribution in [0.5, 0.6) is 11.5 Å². The van der Waals surface area contributed by atoms with E-state index in [2.05, 4.69) is 33.1 Å². The van der Waals surface area contributed by atoms with E-state index in [-0.39, 0.29) is 11.0 Å². The lowest BCUT2D eigenvalue weighted by atomic mass is 10.2. The maximum Gasteiger partial charge on any atom is 0.257 e. The molecule has 0 saturated carbocycles. The highest BCUT2D eigenvalue weighted by molar-refractivity contribution is 9.10. The molecular formula is C21H23BrN2O4S. The molecule has 0 unspecified atom stereocenters. The van der Waals surface area contributed by atoms with Crippen LogP contribution in [0.3, 0.4) is 0 Å². The number of carbonyl (C=O) groups excluding carboxylic acids is 1. The van der Waals surface area contributed by atoms with Gasteiger partial charge in [-0.1, -0.05) is 12.6 Å². The minimum absolute atomic E-state index is 0.184. The van der Waals surface area contributed by atoms with Gasteiger partial charge in [0.2, 0.25) is 0 Å². The number of amides is 1. The summed E-state index contributed by atoms with van der Waals surface area (Å²) in [5, 5.41) is 5.82. The molecule has 0 aliphatic rings. The molecule has 0 aliphatic heterocycles. The standard InChI is InChI=1S/C21H23BrN2O4S/c1-14(2)13-28-17-6-4-5-16(12-17)23-21(29)24-20(25)15-7-8-19(18(22)11-15)27-10-9-26-3/h4-8,11-12H,1,9-10,13H2,2-3H3,(H2,23,24,25,29). The van der Waals surface area contributed by atoms with E-state index in [9.17, 15) is 4.79 Å². The fourth-order valence-electron chi connectivity index (χ4n) is 2.20. The Morgan fingerprint density at radius 2 is 1.97 bits per heavy atom. The second-order valence-corrected chi connectivity index (χ2v) is 7.43. The van der Waals surface area contributed by atoms with Crippen molar-refractivity contribution >= 4 is 44.9 Å². The monoisotopic (exact) mass is 478 g/mol. The van der Waals surface area contributed by atoms with E-state index in [1.54, 1.807) is 31.4 Å². The first-order valence-corrected chi connectivity index (χ1v) is 10.00.